The van der Waals surface area contributed by atoms with Crippen molar-refractivity contribution in [1.82, 2.24) is 0 Å². The second kappa shape index (κ2) is 2.71. The van der Waals surface area contributed by atoms with Crippen molar-refractivity contribution in [2.24, 2.45) is 53.3 Å². The molecule has 0 heteroatoms. The third-order valence-corrected chi connectivity index (χ3v) is 7.82. The molecule has 0 N–H and O–H groups in total. The summed E-state index contributed by atoms with van der Waals surface area (Å²) in [7, 11) is 0. The summed E-state index contributed by atoms with van der Waals surface area (Å²) < 4.78 is 0. The van der Waals surface area contributed by atoms with Gasteiger partial charge in [0.15, 0.2) is 0 Å². The second-order valence-electron chi connectivity index (χ2n) is 7.84. The van der Waals surface area contributed by atoms with E-state index in [1.165, 1.54) is 0 Å². The normalized spacial score (nSPS) is 58.6. The molecule has 8 rings (SSSR count). The van der Waals surface area contributed by atoms with Crippen molar-refractivity contribution in [3.8, 4) is 0 Å². The molecule has 0 aliphatic heterocycles. The van der Waals surface area contributed by atoms with Gasteiger partial charge in [-0.15, -0.1) is 18.1 Å². The van der Waals surface area contributed by atoms with E-state index in [0.717, 1.165) is 47.3 Å². The molecular formula is C20H17-. The highest BCUT2D eigenvalue weighted by molar-refractivity contribution is 5.58. The average Bonchev–Trinajstić information content (AvgIpc) is 3.20. The molecule has 8 aliphatic rings. The molecule has 8 aliphatic carbocycles. The van der Waals surface area contributed by atoms with Crippen molar-refractivity contribution >= 4 is 0 Å². The molecule has 8 atom stereocenters. The zero-order chi connectivity index (χ0) is 12.6. The van der Waals surface area contributed by atoms with Gasteiger partial charge in [-0.2, -0.15) is 11.8 Å². The molecule has 7 unspecified atom stereocenters. The Kier molecular flexibility index (Phi) is 1.30. The Balaban J connectivity index is 1.35. The molecule has 4 bridgehead atoms. The van der Waals surface area contributed by atoms with Gasteiger partial charge in [-0.25, -0.2) is 0 Å². The van der Waals surface area contributed by atoms with Crippen LogP contribution >= 0.6 is 0 Å². The molecular weight excluding hydrogens is 240 g/mol. The third-order valence-electron chi connectivity index (χ3n) is 7.82. The summed E-state index contributed by atoms with van der Waals surface area (Å²) in [5, 5.41) is 0. The Labute approximate surface area is 119 Å². The van der Waals surface area contributed by atoms with Crippen molar-refractivity contribution < 1.29 is 0 Å². The third kappa shape index (κ3) is 0.700. The molecule has 6 fully saturated rings. The molecule has 0 aromatic rings. The lowest BCUT2D eigenvalue weighted by molar-refractivity contribution is -0.127. The van der Waals surface area contributed by atoms with E-state index < -0.39 is 0 Å². The Morgan fingerprint density at radius 3 is 1.80 bits per heavy atom. The summed E-state index contributed by atoms with van der Waals surface area (Å²) in [6.45, 7) is 0. The van der Waals surface area contributed by atoms with Crippen molar-refractivity contribution in [1.29, 1.82) is 0 Å². The zero-order valence-electron chi connectivity index (χ0n) is 11.3. The molecule has 0 heterocycles. The molecule has 0 aromatic carbocycles. The Bertz CT molecular complexity index is 624. The fraction of sp³-hybridized carbons (Fsp3) is 0.450. The van der Waals surface area contributed by atoms with Gasteiger partial charge >= 0.3 is 0 Å². The molecule has 0 amide bonds. The first kappa shape index (κ1) is 9.60. The molecule has 20 heavy (non-hydrogen) atoms. The van der Waals surface area contributed by atoms with Crippen LogP contribution in [0, 0.1) is 59.2 Å². The van der Waals surface area contributed by atoms with Gasteiger partial charge in [0, 0.05) is 0 Å². The van der Waals surface area contributed by atoms with Crippen LogP contribution in [0.25, 0.3) is 0 Å². The van der Waals surface area contributed by atoms with Gasteiger partial charge in [-0.1, -0.05) is 65.7 Å². The van der Waals surface area contributed by atoms with Crippen LogP contribution in [0.15, 0.2) is 59.8 Å². The van der Waals surface area contributed by atoms with Gasteiger partial charge in [0.25, 0.3) is 0 Å². The zero-order valence-corrected chi connectivity index (χ0v) is 11.3. The number of rotatable bonds is 1. The first-order valence-corrected chi connectivity index (χ1v) is 8.27. The Hall–Kier alpha value is -1.30. The maximum atomic E-state index is 2.44. The van der Waals surface area contributed by atoms with E-state index in [2.05, 4.69) is 48.6 Å². The molecule has 98 valence electrons. The van der Waals surface area contributed by atoms with Crippen LogP contribution in [0.1, 0.15) is 0 Å². The summed E-state index contributed by atoms with van der Waals surface area (Å²) >= 11 is 0. The second-order valence-corrected chi connectivity index (χ2v) is 7.84. The number of allylic oxidation sites excluding steroid dienone is 10. The van der Waals surface area contributed by atoms with Crippen LogP contribution in [0.4, 0.5) is 0 Å². The van der Waals surface area contributed by atoms with Crippen LogP contribution in [-0.2, 0) is 0 Å². The molecule has 0 aromatic heterocycles. The fourth-order valence-electron chi connectivity index (χ4n) is 7.76. The fourth-order valence-corrected chi connectivity index (χ4v) is 7.76. The minimum Gasteiger partial charge on any atom is -0.296 e. The van der Waals surface area contributed by atoms with Crippen LogP contribution in [0.2, 0.25) is 0 Å². The van der Waals surface area contributed by atoms with Crippen molar-refractivity contribution in [2.75, 3.05) is 0 Å². The van der Waals surface area contributed by atoms with Gasteiger partial charge in [-0.3, -0.25) is 5.92 Å². The quantitative estimate of drug-likeness (QED) is 0.628. The summed E-state index contributed by atoms with van der Waals surface area (Å²) in [5.74, 6) is 10.9. The molecule has 0 nitrogen and oxygen atoms in total. The minimum absolute atomic E-state index is 0.715. The van der Waals surface area contributed by atoms with Crippen LogP contribution in [0.3, 0.4) is 0 Å². The van der Waals surface area contributed by atoms with E-state index in [-0.39, 0.29) is 0 Å². The number of hydrogen-bond acceptors (Lipinski definition) is 0. The first-order chi connectivity index (χ1) is 9.97. The van der Waals surface area contributed by atoms with Crippen LogP contribution < -0.4 is 0 Å². The number of hydrogen-bond donors (Lipinski definition) is 0. The van der Waals surface area contributed by atoms with E-state index in [4.69, 9.17) is 0 Å². The highest BCUT2D eigenvalue weighted by Gasteiger charge is 2.82. The first-order valence-electron chi connectivity index (χ1n) is 8.27. The molecule has 0 saturated heterocycles. The van der Waals surface area contributed by atoms with Crippen LogP contribution in [0.5, 0.6) is 0 Å². The maximum absolute atomic E-state index is 2.44. The summed E-state index contributed by atoms with van der Waals surface area (Å²) in [5.41, 5.74) is 3.49. The van der Waals surface area contributed by atoms with E-state index in [1.54, 1.807) is 5.57 Å². The highest BCUT2D eigenvalue weighted by Crippen LogP contribution is 2.92. The highest BCUT2D eigenvalue weighted by atomic mass is 14.9. The van der Waals surface area contributed by atoms with Gasteiger partial charge in [0.2, 0.25) is 0 Å². The monoisotopic (exact) mass is 257 g/mol. The largest absolute Gasteiger partial charge is 0.296 e. The van der Waals surface area contributed by atoms with Gasteiger partial charge in [-0.05, 0) is 17.4 Å². The average molecular weight is 257 g/mol. The van der Waals surface area contributed by atoms with E-state index in [9.17, 15) is 0 Å². The summed E-state index contributed by atoms with van der Waals surface area (Å²) in [4.78, 5) is 0. The van der Waals surface area contributed by atoms with Crippen molar-refractivity contribution in [3.05, 3.63) is 65.7 Å². The van der Waals surface area contributed by atoms with Gasteiger partial charge in [0.05, 0.1) is 0 Å². The molecule has 6 saturated carbocycles. The smallest absolute Gasteiger partial charge is 0.0174 e. The van der Waals surface area contributed by atoms with Gasteiger partial charge < -0.3 is 0 Å². The topological polar surface area (TPSA) is 0 Å². The molecule has 0 radical (unpaired) electrons. The Morgan fingerprint density at radius 1 is 0.700 bits per heavy atom. The summed E-state index contributed by atoms with van der Waals surface area (Å²) in [6, 6.07) is 0. The van der Waals surface area contributed by atoms with Crippen LogP contribution in [-0.4, -0.2) is 0 Å². The lowest BCUT2D eigenvalue weighted by atomic mass is 9.45. The lowest BCUT2D eigenvalue weighted by Crippen LogP contribution is -2.56. The van der Waals surface area contributed by atoms with E-state index in [1.807, 2.05) is 11.5 Å². The van der Waals surface area contributed by atoms with E-state index in [0.29, 0.717) is 5.92 Å². The summed E-state index contributed by atoms with van der Waals surface area (Å²) in [6.07, 6.45) is 18.6. The Morgan fingerprint density at radius 2 is 1.25 bits per heavy atom. The SMILES string of the molecule is C1=CC(=C2C3C4C5[C-](C6C=CC=C6)C6C4C2[C@@H]6C35)C=C1. The standard InChI is InChI=1S/C20H17/c1-2-6-9(5-1)11-13-17-15-12(10-7-3-4-8-10)16-19(17)14(11)20(16)18(13)15/h1-9,13-20H/q-1/t13?,14?,15?,16?,17-,18?,19?,20?/m1/s1. The predicted molar refractivity (Wildman–Crippen MR) is 78.2 cm³/mol. The van der Waals surface area contributed by atoms with Crippen molar-refractivity contribution in [3.63, 3.8) is 0 Å². The molecule has 0 spiro atoms. The predicted octanol–water partition coefficient (Wildman–Crippen LogP) is 3.72. The van der Waals surface area contributed by atoms with Gasteiger partial charge in [0.1, 0.15) is 0 Å². The van der Waals surface area contributed by atoms with E-state index >= 15 is 0 Å². The minimum atomic E-state index is 0.715. The lowest BCUT2D eigenvalue weighted by Gasteiger charge is -2.63. The maximum Gasteiger partial charge on any atom is -0.0174 e. The van der Waals surface area contributed by atoms with Crippen molar-refractivity contribution in [2.45, 2.75) is 0 Å².